The van der Waals surface area contributed by atoms with Crippen LogP contribution in [0.4, 0.5) is 0 Å². The Hall–Kier alpha value is -0.0800. The molecule has 0 spiro atoms. The third-order valence-corrected chi connectivity index (χ3v) is 7.11. The van der Waals surface area contributed by atoms with Crippen molar-refractivity contribution in [3.05, 3.63) is 0 Å². The molecule has 0 aromatic carbocycles. The maximum Gasteiger partial charge on any atom is 0.0334 e. The van der Waals surface area contributed by atoms with Crippen LogP contribution < -0.4 is 5.73 Å². The van der Waals surface area contributed by atoms with Crippen molar-refractivity contribution in [1.82, 2.24) is 4.90 Å². The van der Waals surface area contributed by atoms with E-state index in [-0.39, 0.29) is 0 Å². The summed E-state index contributed by atoms with van der Waals surface area (Å²) < 4.78 is 0. The molecule has 1 aliphatic heterocycles. The van der Waals surface area contributed by atoms with E-state index >= 15 is 0 Å². The van der Waals surface area contributed by atoms with Gasteiger partial charge in [0.05, 0.1) is 0 Å². The Morgan fingerprint density at radius 1 is 1.00 bits per heavy atom. The van der Waals surface area contributed by atoms with Crippen molar-refractivity contribution in [3.63, 3.8) is 0 Å². The first kappa shape index (κ1) is 16.3. The van der Waals surface area contributed by atoms with Gasteiger partial charge in [0.15, 0.2) is 0 Å². The average molecular weight is 280 g/mol. The van der Waals surface area contributed by atoms with Gasteiger partial charge in [-0.3, -0.25) is 4.90 Å². The highest BCUT2D eigenvalue weighted by molar-refractivity contribution is 5.00. The second-order valence-electron chi connectivity index (χ2n) is 7.82. The van der Waals surface area contributed by atoms with Crippen LogP contribution in [0, 0.1) is 17.3 Å². The lowest BCUT2D eigenvalue weighted by atomic mass is 9.68. The van der Waals surface area contributed by atoms with Crippen LogP contribution in [-0.2, 0) is 0 Å². The highest BCUT2D eigenvalue weighted by Gasteiger charge is 2.44. The number of likely N-dealkylation sites (tertiary alicyclic amines) is 1. The second-order valence-corrected chi connectivity index (χ2v) is 7.82. The van der Waals surface area contributed by atoms with Gasteiger partial charge in [-0.1, -0.05) is 40.5 Å². The van der Waals surface area contributed by atoms with Gasteiger partial charge in [-0.2, -0.15) is 0 Å². The van der Waals surface area contributed by atoms with E-state index in [1.54, 1.807) is 0 Å². The summed E-state index contributed by atoms with van der Waals surface area (Å²) in [6.07, 6.45) is 9.45. The Labute approximate surface area is 126 Å². The Kier molecular flexibility index (Phi) is 5.18. The van der Waals surface area contributed by atoms with Crippen molar-refractivity contribution >= 4 is 0 Å². The summed E-state index contributed by atoms with van der Waals surface area (Å²) in [5.41, 5.74) is 7.21. The van der Waals surface area contributed by atoms with Crippen LogP contribution in [0.25, 0.3) is 0 Å². The zero-order chi connectivity index (χ0) is 14.8. The molecule has 2 heteroatoms. The third kappa shape index (κ3) is 2.92. The lowest BCUT2D eigenvalue weighted by Gasteiger charge is -2.53. The number of nitrogens with zero attached hydrogens (tertiary/aromatic N) is 1. The first-order valence-corrected chi connectivity index (χ1v) is 8.96. The molecular formula is C18H36N2. The van der Waals surface area contributed by atoms with Crippen molar-refractivity contribution in [2.24, 2.45) is 23.0 Å². The van der Waals surface area contributed by atoms with Gasteiger partial charge in [-0.05, 0) is 62.4 Å². The molecule has 1 saturated heterocycles. The van der Waals surface area contributed by atoms with Crippen molar-refractivity contribution < 1.29 is 0 Å². The van der Waals surface area contributed by atoms with Crippen molar-refractivity contribution in [2.45, 2.75) is 78.2 Å². The van der Waals surface area contributed by atoms with Crippen molar-refractivity contribution in [1.29, 1.82) is 0 Å². The zero-order valence-corrected chi connectivity index (χ0v) is 14.3. The summed E-state index contributed by atoms with van der Waals surface area (Å²) in [5, 5.41) is 0. The maximum atomic E-state index is 6.27. The highest BCUT2D eigenvalue weighted by Crippen LogP contribution is 2.44. The minimum Gasteiger partial charge on any atom is -0.329 e. The maximum absolute atomic E-state index is 6.27. The number of rotatable bonds is 4. The minimum atomic E-state index is 0.319. The van der Waals surface area contributed by atoms with Crippen LogP contribution >= 0.6 is 0 Å². The Balaban J connectivity index is 2.04. The molecule has 1 saturated carbocycles. The Bertz CT molecular complexity index is 301. The van der Waals surface area contributed by atoms with E-state index in [0.29, 0.717) is 11.0 Å². The minimum absolute atomic E-state index is 0.319. The molecule has 0 radical (unpaired) electrons. The molecule has 2 N–H and O–H groups in total. The molecule has 0 aromatic rings. The highest BCUT2D eigenvalue weighted by atomic mass is 15.2. The predicted molar refractivity (Wildman–Crippen MR) is 87.8 cm³/mol. The van der Waals surface area contributed by atoms with Crippen LogP contribution in [-0.4, -0.2) is 30.1 Å². The molecule has 3 unspecified atom stereocenters. The van der Waals surface area contributed by atoms with Crippen LogP contribution in [0.15, 0.2) is 0 Å². The lowest BCUT2D eigenvalue weighted by Crippen LogP contribution is -2.60. The van der Waals surface area contributed by atoms with E-state index in [9.17, 15) is 0 Å². The van der Waals surface area contributed by atoms with Crippen molar-refractivity contribution in [3.8, 4) is 0 Å². The molecule has 2 aliphatic rings. The quantitative estimate of drug-likeness (QED) is 0.842. The van der Waals surface area contributed by atoms with Crippen LogP contribution in [0.1, 0.15) is 72.6 Å². The molecule has 0 bridgehead atoms. The summed E-state index contributed by atoms with van der Waals surface area (Å²) in [6, 6.07) is 0. The summed E-state index contributed by atoms with van der Waals surface area (Å²) in [4.78, 5) is 2.78. The first-order valence-electron chi connectivity index (χ1n) is 8.96. The fourth-order valence-corrected chi connectivity index (χ4v) is 4.70. The number of nitrogens with two attached hydrogens (primary N) is 1. The SMILES string of the molecule is CCC1(CC)CCN(C2(CN)CCC(C)C(C)C2)CC1. The third-order valence-electron chi connectivity index (χ3n) is 7.11. The molecule has 0 aromatic heterocycles. The summed E-state index contributed by atoms with van der Waals surface area (Å²) in [5.74, 6) is 1.71. The number of piperidine rings is 1. The van der Waals surface area contributed by atoms with Gasteiger partial charge in [0, 0.05) is 12.1 Å². The summed E-state index contributed by atoms with van der Waals surface area (Å²) in [7, 11) is 0. The average Bonchev–Trinajstić information content (AvgIpc) is 2.50. The topological polar surface area (TPSA) is 29.3 Å². The molecule has 1 aliphatic carbocycles. The van der Waals surface area contributed by atoms with Crippen LogP contribution in [0.5, 0.6) is 0 Å². The van der Waals surface area contributed by atoms with E-state index in [1.807, 2.05) is 0 Å². The van der Waals surface area contributed by atoms with Gasteiger partial charge < -0.3 is 5.73 Å². The lowest BCUT2D eigenvalue weighted by molar-refractivity contribution is -0.0235. The first-order chi connectivity index (χ1) is 9.51. The molecule has 2 nitrogen and oxygen atoms in total. The summed E-state index contributed by atoms with van der Waals surface area (Å²) >= 11 is 0. The van der Waals surface area contributed by atoms with Crippen molar-refractivity contribution in [2.75, 3.05) is 19.6 Å². The normalized spacial score (nSPS) is 38.9. The van der Waals surface area contributed by atoms with E-state index in [1.165, 1.54) is 58.0 Å². The molecular weight excluding hydrogens is 244 g/mol. The van der Waals surface area contributed by atoms with E-state index in [4.69, 9.17) is 5.73 Å². The predicted octanol–water partition coefficient (Wildman–Crippen LogP) is 4.04. The standard InChI is InChI=1S/C18H36N2/c1-5-17(6-2)9-11-20(12-10-17)18(14-19)8-7-15(3)16(4)13-18/h15-16H,5-14,19H2,1-4H3. The van der Waals surface area contributed by atoms with E-state index in [2.05, 4.69) is 32.6 Å². The Morgan fingerprint density at radius 2 is 1.60 bits per heavy atom. The fraction of sp³-hybridized carbons (Fsp3) is 1.00. The fourth-order valence-electron chi connectivity index (χ4n) is 4.70. The van der Waals surface area contributed by atoms with Gasteiger partial charge >= 0.3 is 0 Å². The van der Waals surface area contributed by atoms with E-state index < -0.39 is 0 Å². The van der Waals surface area contributed by atoms with Gasteiger partial charge in [0.1, 0.15) is 0 Å². The summed E-state index contributed by atoms with van der Waals surface area (Å²) in [6.45, 7) is 13.0. The number of hydrogen-bond acceptors (Lipinski definition) is 2. The van der Waals surface area contributed by atoms with Gasteiger partial charge in [-0.15, -0.1) is 0 Å². The molecule has 2 fully saturated rings. The van der Waals surface area contributed by atoms with Crippen LogP contribution in [0.2, 0.25) is 0 Å². The monoisotopic (exact) mass is 280 g/mol. The molecule has 0 amide bonds. The largest absolute Gasteiger partial charge is 0.329 e. The van der Waals surface area contributed by atoms with Gasteiger partial charge in [0.25, 0.3) is 0 Å². The second kappa shape index (κ2) is 6.36. The number of hydrogen-bond donors (Lipinski definition) is 1. The molecule has 20 heavy (non-hydrogen) atoms. The van der Waals surface area contributed by atoms with Crippen LogP contribution in [0.3, 0.4) is 0 Å². The Morgan fingerprint density at radius 3 is 2.05 bits per heavy atom. The van der Waals surface area contributed by atoms with Gasteiger partial charge in [0.2, 0.25) is 0 Å². The molecule has 3 atom stereocenters. The van der Waals surface area contributed by atoms with Gasteiger partial charge in [-0.25, -0.2) is 0 Å². The smallest absolute Gasteiger partial charge is 0.0334 e. The molecule has 2 rings (SSSR count). The van der Waals surface area contributed by atoms with E-state index in [0.717, 1.165) is 18.4 Å². The zero-order valence-electron chi connectivity index (χ0n) is 14.3. The molecule has 118 valence electrons. The molecule has 1 heterocycles.